The van der Waals surface area contributed by atoms with Crippen molar-refractivity contribution in [1.82, 2.24) is 34.0 Å². The summed E-state index contributed by atoms with van der Waals surface area (Å²) in [7, 11) is 0. The molecule has 0 spiro atoms. The number of amides is 1. The number of nitrogens with zero attached hydrogens (tertiary/aromatic N) is 7. The Morgan fingerprint density at radius 3 is 2.84 bits per heavy atom. The summed E-state index contributed by atoms with van der Waals surface area (Å²) in [5.74, 6) is 0.363. The molecule has 0 radical (unpaired) electrons. The SMILES string of the molecule is NC(=O)c1cc(-c2cnc(Cc3nccn3CCN3CCOCC3)c3ncnn23)co1. The first-order chi connectivity index (χ1) is 15.2. The lowest BCUT2D eigenvalue weighted by Crippen LogP contribution is -2.38. The maximum atomic E-state index is 11.3. The first-order valence-corrected chi connectivity index (χ1v) is 10.1. The van der Waals surface area contributed by atoms with Crippen LogP contribution < -0.4 is 5.73 Å². The van der Waals surface area contributed by atoms with Gasteiger partial charge in [0, 0.05) is 44.1 Å². The van der Waals surface area contributed by atoms with Crippen molar-refractivity contribution in [2.75, 3.05) is 32.8 Å². The first kappa shape index (κ1) is 19.4. The van der Waals surface area contributed by atoms with Crippen molar-refractivity contribution >= 4 is 11.6 Å². The van der Waals surface area contributed by atoms with Crippen LogP contribution in [0.2, 0.25) is 0 Å². The van der Waals surface area contributed by atoms with E-state index in [-0.39, 0.29) is 5.76 Å². The van der Waals surface area contributed by atoms with Gasteiger partial charge in [-0.15, -0.1) is 0 Å². The summed E-state index contributed by atoms with van der Waals surface area (Å²) in [6.45, 7) is 5.28. The predicted molar refractivity (Wildman–Crippen MR) is 109 cm³/mol. The molecule has 4 aromatic heterocycles. The molecular formula is C20H22N8O3. The highest BCUT2D eigenvalue weighted by Crippen LogP contribution is 2.23. The third kappa shape index (κ3) is 3.92. The summed E-state index contributed by atoms with van der Waals surface area (Å²) in [4.78, 5) is 27.3. The zero-order chi connectivity index (χ0) is 21.2. The van der Waals surface area contributed by atoms with E-state index in [9.17, 15) is 4.79 Å². The molecule has 1 amide bonds. The van der Waals surface area contributed by atoms with Crippen LogP contribution in [-0.2, 0) is 17.7 Å². The summed E-state index contributed by atoms with van der Waals surface area (Å²) in [6, 6.07) is 1.57. The summed E-state index contributed by atoms with van der Waals surface area (Å²) >= 11 is 0. The van der Waals surface area contributed by atoms with Crippen molar-refractivity contribution < 1.29 is 13.9 Å². The molecule has 11 nitrogen and oxygen atoms in total. The second-order valence-corrected chi connectivity index (χ2v) is 7.32. The fraction of sp³-hybridized carbons (Fsp3) is 0.350. The Morgan fingerprint density at radius 1 is 1.16 bits per heavy atom. The summed E-state index contributed by atoms with van der Waals surface area (Å²) in [6.07, 6.45) is 8.94. The Morgan fingerprint density at radius 2 is 2.03 bits per heavy atom. The van der Waals surface area contributed by atoms with E-state index < -0.39 is 5.91 Å². The number of hydrogen-bond acceptors (Lipinski definition) is 8. The second-order valence-electron chi connectivity index (χ2n) is 7.32. The second kappa shape index (κ2) is 8.28. The van der Waals surface area contributed by atoms with Gasteiger partial charge in [-0.05, 0) is 6.07 Å². The van der Waals surface area contributed by atoms with Gasteiger partial charge in [-0.25, -0.2) is 14.5 Å². The van der Waals surface area contributed by atoms with E-state index in [1.165, 1.54) is 12.6 Å². The van der Waals surface area contributed by atoms with Gasteiger partial charge >= 0.3 is 0 Å². The maximum Gasteiger partial charge on any atom is 0.284 e. The molecule has 1 fully saturated rings. The average molecular weight is 422 g/mol. The Labute approximate surface area is 177 Å². The van der Waals surface area contributed by atoms with Crippen LogP contribution in [-0.4, -0.2) is 72.8 Å². The lowest BCUT2D eigenvalue weighted by Gasteiger charge is -2.26. The molecule has 1 saturated heterocycles. The highest BCUT2D eigenvalue weighted by atomic mass is 16.5. The van der Waals surface area contributed by atoms with Crippen molar-refractivity contribution in [1.29, 1.82) is 0 Å². The van der Waals surface area contributed by atoms with Gasteiger partial charge in [-0.3, -0.25) is 14.7 Å². The molecule has 0 unspecified atom stereocenters. The molecule has 0 aromatic carbocycles. The van der Waals surface area contributed by atoms with E-state index in [4.69, 9.17) is 14.9 Å². The Hall–Kier alpha value is -3.57. The third-order valence-corrected chi connectivity index (χ3v) is 5.40. The normalized spacial score (nSPS) is 15.0. The van der Waals surface area contributed by atoms with Gasteiger partial charge in [-0.1, -0.05) is 0 Å². The van der Waals surface area contributed by atoms with Crippen LogP contribution in [0.25, 0.3) is 16.9 Å². The van der Waals surface area contributed by atoms with Gasteiger partial charge in [0.15, 0.2) is 11.4 Å². The zero-order valence-electron chi connectivity index (χ0n) is 16.8. The fourth-order valence-corrected chi connectivity index (χ4v) is 3.72. The van der Waals surface area contributed by atoms with E-state index in [1.807, 2.05) is 6.20 Å². The molecule has 4 aromatic rings. The number of fused-ring (bicyclic) bond motifs is 1. The number of nitrogens with two attached hydrogens (primary N) is 1. The molecule has 31 heavy (non-hydrogen) atoms. The number of rotatable bonds is 7. The quantitative estimate of drug-likeness (QED) is 0.458. The van der Waals surface area contributed by atoms with Gasteiger partial charge in [0.05, 0.1) is 37.2 Å². The molecule has 11 heteroatoms. The third-order valence-electron chi connectivity index (χ3n) is 5.40. The van der Waals surface area contributed by atoms with Crippen LogP contribution in [0, 0.1) is 0 Å². The van der Waals surface area contributed by atoms with Crippen LogP contribution in [0.5, 0.6) is 0 Å². The molecule has 1 aliphatic rings. The minimum Gasteiger partial charge on any atom is -0.458 e. The molecule has 0 saturated carbocycles. The highest BCUT2D eigenvalue weighted by molar-refractivity contribution is 5.91. The van der Waals surface area contributed by atoms with Crippen molar-refractivity contribution in [2.24, 2.45) is 5.73 Å². The van der Waals surface area contributed by atoms with E-state index in [0.29, 0.717) is 23.3 Å². The number of carbonyl (C=O) groups excluding carboxylic acids is 1. The van der Waals surface area contributed by atoms with Gasteiger partial charge in [0.1, 0.15) is 18.4 Å². The summed E-state index contributed by atoms with van der Waals surface area (Å²) in [5.41, 5.74) is 7.98. The van der Waals surface area contributed by atoms with Crippen molar-refractivity contribution in [3.63, 3.8) is 0 Å². The Balaban J connectivity index is 1.38. The van der Waals surface area contributed by atoms with Crippen LogP contribution >= 0.6 is 0 Å². The molecule has 0 atom stereocenters. The first-order valence-electron chi connectivity index (χ1n) is 10.1. The van der Waals surface area contributed by atoms with Gasteiger partial charge in [0.2, 0.25) is 0 Å². The molecule has 5 heterocycles. The van der Waals surface area contributed by atoms with Crippen LogP contribution in [0.15, 0.2) is 41.7 Å². The van der Waals surface area contributed by atoms with Crippen molar-refractivity contribution in [3.8, 4) is 11.3 Å². The number of carbonyl (C=O) groups is 1. The monoisotopic (exact) mass is 422 g/mol. The summed E-state index contributed by atoms with van der Waals surface area (Å²) < 4.78 is 14.5. The molecular weight excluding hydrogens is 400 g/mol. The minimum absolute atomic E-state index is 0.0784. The van der Waals surface area contributed by atoms with E-state index in [0.717, 1.165) is 50.9 Å². The predicted octanol–water partition coefficient (Wildman–Crippen LogP) is 0.603. The minimum atomic E-state index is -0.630. The average Bonchev–Trinajstić information content (AvgIpc) is 3.54. The van der Waals surface area contributed by atoms with Gasteiger partial charge < -0.3 is 19.5 Å². The van der Waals surface area contributed by atoms with Crippen LogP contribution in [0.3, 0.4) is 0 Å². The van der Waals surface area contributed by atoms with E-state index in [2.05, 4.69) is 29.5 Å². The van der Waals surface area contributed by atoms with Crippen LogP contribution in [0.1, 0.15) is 22.1 Å². The number of aromatic nitrogens is 6. The van der Waals surface area contributed by atoms with E-state index >= 15 is 0 Å². The molecule has 1 aliphatic heterocycles. The molecule has 2 N–H and O–H groups in total. The fourth-order valence-electron chi connectivity index (χ4n) is 3.72. The van der Waals surface area contributed by atoms with E-state index in [1.54, 1.807) is 23.0 Å². The lowest BCUT2D eigenvalue weighted by atomic mass is 10.2. The molecule has 5 rings (SSSR count). The Kier molecular flexibility index (Phi) is 5.18. The summed E-state index contributed by atoms with van der Waals surface area (Å²) in [5, 5.41) is 4.32. The van der Waals surface area contributed by atoms with Crippen LogP contribution in [0.4, 0.5) is 0 Å². The number of imidazole rings is 1. The number of hydrogen-bond donors (Lipinski definition) is 1. The van der Waals surface area contributed by atoms with Crippen molar-refractivity contribution in [3.05, 3.63) is 54.5 Å². The standard InChI is InChI=1S/C20H22N8O3/c21-19(29)17-9-14(12-31-17)16-11-23-15(20-24-13-25-28(16)20)10-18-22-1-2-27(18)4-3-26-5-7-30-8-6-26/h1-2,9,11-13H,3-8,10H2,(H2,21,29). The zero-order valence-corrected chi connectivity index (χ0v) is 16.8. The number of primary amides is 1. The molecule has 160 valence electrons. The number of furan rings is 1. The lowest BCUT2D eigenvalue weighted by molar-refractivity contribution is 0.0363. The Bertz CT molecular complexity index is 1200. The largest absolute Gasteiger partial charge is 0.458 e. The maximum absolute atomic E-state index is 11.3. The topological polar surface area (TPSA) is 130 Å². The molecule has 0 bridgehead atoms. The smallest absolute Gasteiger partial charge is 0.284 e. The van der Waals surface area contributed by atoms with Gasteiger partial charge in [0.25, 0.3) is 5.91 Å². The highest BCUT2D eigenvalue weighted by Gasteiger charge is 2.17. The van der Waals surface area contributed by atoms with Crippen molar-refractivity contribution in [2.45, 2.75) is 13.0 Å². The number of ether oxygens (including phenoxy) is 1. The molecule has 0 aliphatic carbocycles. The number of morpholine rings is 1. The van der Waals surface area contributed by atoms with Gasteiger partial charge in [-0.2, -0.15) is 5.10 Å².